The molecule has 0 aliphatic heterocycles. The lowest BCUT2D eigenvalue weighted by molar-refractivity contribution is -0.193. The summed E-state index contributed by atoms with van der Waals surface area (Å²) in [6, 6.07) is 0. The van der Waals surface area contributed by atoms with Gasteiger partial charge >= 0.3 is 5.97 Å². The quantitative estimate of drug-likeness (QED) is 0.805. The molecule has 0 aromatic heterocycles. The van der Waals surface area contributed by atoms with Crippen LogP contribution in [-0.4, -0.2) is 23.8 Å². The van der Waals surface area contributed by atoms with Gasteiger partial charge in [0.05, 0.1) is 5.41 Å². The zero-order valence-electron chi connectivity index (χ0n) is 13.0. The van der Waals surface area contributed by atoms with Gasteiger partial charge in [-0.1, -0.05) is 6.92 Å². The molecule has 4 saturated carbocycles. The first-order valence-corrected chi connectivity index (χ1v) is 8.21. The summed E-state index contributed by atoms with van der Waals surface area (Å²) in [4.78, 5) is 12.4. The fraction of sp³-hybridized carbons (Fsp3) is 0.941. The summed E-state index contributed by atoms with van der Waals surface area (Å²) in [5.74, 6) is 1.71. The molecule has 2 unspecified atom stereocenters. The van der Waals surface area contributed by atoms with Crippen LogP contribution in [0.1, 0.15) is 59.3 Å². The van der Waals surface area contributed by atoms with E-state index in [1.807, 2.05) is 20.8 Å². The van der Waals surface area contributed by atoms with Gasteiger partial charge in [0.2, 0.25) is 0 Å². The van der Waals surface area contributed by atoms with Crippen LogP contribution in [-0.2, 0) is 9.53 Å². The van der Waals surface area contributed by atoms with Gasteiger partial charge in [-0.05, 0) is 75.5 Å². The maximum absolute atomic E-state index is 12.4. The van der Waals surface area contributed by atoms with Crippen molar-refractivity contribution in [2.45, 2.75) is 65.4 Å². The minimum atomic E-state index is -0.372. The van der Waals surface area contributed by atoms with E-state index in [9.17, 15) is 9.90 Å². The monoisotopic (exact) mass is 280 g/mol. The smallest absolute Gasteiger partial charge is 0.311 e. The summed E-state index contributed by atoms with van der Waals surface area (Å²) >= 11 is 0. The molecule has 0 aromatic rings. The van der Waals surface area contributed by atoms with Crippen LogP contribution in [0.3, 0.4) is 0 Å². The molecule has 0 saturated heterocycles. The Labute approximate surface area is 122 Å². The van der Waals surface area contributed by atoms with Gasteiger partial charge in [0, 0.05) is 6.61 Å². The van der Waals surface area contributed by atoms with E-state index in [0.717, 1.165) is 25.2 Å². The second-order valence-corrected chi connectivity index (χ2v) is 8.24. The molecule has 4 fully saturated rings. The molecule has 3 nitrogen and oxygen atoms in total. The molecule has 20 heavy (non-hydrogen) atoms. The van der Waals surface area contributed by atoms with Gasteiger partial charge < -0.3 is 9.84 Å². The Kier molecular flexibility index (Phi) is 3.39. The molecule has 4 aliphatic carbocycles. The Morgan fingerprint density at radius 1 is 1.25 bits per heavy atom. The molecule has 4 aliphatic rings. The third-order valence-corrected chi connectivity index (χ3v) is 6.33. The minimum Gasteiger partial charge on any atom is -0.461 e. The molecule has 0 amide bonds. The van der Waals surface area contributed by atoms with Crippen LogP contribution >= 0.6 is 0 Å². The van der Waals surface area contributed by atoms with E-state index in [4.69, 9.17) is 4.74 Å². The van der Waals surface area contributed by atoms with E-state index in [0.29, 0.717) is 18.4 Å². The van der Waals surface area contributed by atoms with Crippen molar-refractivity contribution in [1.82, 2.24) is 0 Å². The van der Waals surface area contributed by atoms with E-state index in [2.05, 4.69) is 0 Å². The van der Waals surface area contributed by atoms with Crippen molar-refractivity contribution in [2.75, 3.05) is 6.61 Å². The van der Waals surface area contributed by atoms with Crippen LogP contribution in [0.4, 0.5) is 0 Å². The maximum atomic E-state index is 12.4. The highest BCUT2D eigenvalue weighted by Gasteiger charge is 2.56. The van der Waals surface area contributed by atoms with Crippen LogP contribution in [0, 0.1) is 28.6 Å². The molecular formula is C17H28O3. The topological polar surface area (TPSA) is 46.5 Å². The number of carbonyl (C=O) groups is 1. The first-order chi connectivity index (χ1) is 9.39. The van der Waals surface area contributed by atoms with Crippen LogP contribution < -0.4 is 0 Å². The highest BCUT2D eigenvalue weighted by molar-refractivity contribution is 5.76. The summed E-state index contributed by atoms with van der Waals surface area (Å²) in [5.41, 5.74) is -0.219. The SMILES string of the molecule is CCC(C)(C)C(=O)OC1C2CC3CC1CC(CO)(C3)C2. The average molecular weight is 280 g/mol. The lowest BCUT2D eigenvalue weighted by Crippen LogP contribution is -2.56. The number of aliphatic hydroxyl groups excluding tert-OH is 1. The largest absolute Gasteiger partial charge is 0.461 e. The predicted molar refractivity (Wildman–Crippen MR) is 77.0 cm³/mol. The molecule has 0 radical (unpaired) electrons. The summed E-state index contributed by atoms with van der Waals surface area (Å²) < 4.78 is 5.95. The summed E-state index contributed by atoms with van der Waals surface area (Å²) in [5, 5.41) is 9.76. The van der Waals surface area contributed by atoms with Crippen LogP contribution in [0.15, 0.2) is 0 Å². The van der Waals surface area contributed by atoms with Gasteiger partial charge in [0.1, 0.15) is 6.10 Å². The van der Waals surface area contributed by atoms with Crippen molar-refractivity contribution < 1.29 is 14.6 Å². The Hall–Kier alpha value is -0.570. The Morgan fingerprint density at radius 3 is 2.35 bits per heavy atom. The summed E-state index contributed by atoms with van der Waals surface area (Å²) in [7, 11) is 0. The molecule has 4 bridgehead atoms. The third kappa shape index (κ3) is 2.18. The van der Waals surface area contributed by atoms with Gasteiger partial charge in [-0.25, -0.2) is 0 Å². The molecule has 3 heteroatoms. The molecule has 114 valence electrons. The van der Waals surface area contributed by atoms with Gasteiger partial charge in [0.15, 0.2) is 0 Å². The van der Waals surface area contributed by atoms with Gasteiger partial charge in [0.25, 0.3) is 0 Å². The lowest BCUT2D eigenvalue weighted by Gasteiger charge is -2.59. The van der Waals surface area contributed by atoms with Gasteiger partial charge in [-0.3, -0.25) is 4.79 Å². The number of hydrogen-bond donors (Lipinski definition) is 1. The maximum Gasteiger partial charge on any atom is 0.311 e. The molecule has 4 rings (SSSR count). The predicted octanol–water partition coefficient (Wildman–Crippen LogP) is 3.15. The van der Waals surface area contributed by atoms with Gasteiger partial charge in [-0.2, -0.15) is 0 Å². The zero-order chi connectivity index (χ0) is 14.5. The minimum absolute atomic E-state index is 0.0319. The standard InChI is InChI=1S/C17H28O3/c1-4-16(2,3)15(19)20-14-12-5-11-6-13(14)9-17(7-11,8-12)10-18/h11-14,18H,4-10H2,1-3H3. The highest BCUT2D eigenvalue weighted by atomic mass is 16.5. The number of aliphatic hydroxyl groups is 1. The van der Waals surface area contributed by atoms with E-state index in [1.165, 1.54) is 19.3 Å². The zero-order valence-corrected chi connectivity index (χ0v) is 13.0. The van der Waals surface area contributed by atoms with Crippen molar-refractivity contribution >= 4 is 5.97 Å². The second kappa shape index (κ2) is 4.72. The number of ether oxygens (including phenoxy) is 1. The molecule has 0 spiro atoms. The van der Waals surface area contributed by atoms with Crippen molar-refractivity contribution in [3.63, 3.8) is 0 Å². The molecule has 0 heterocycles. The molecular weight excluding hydrogens is 252 g/mol. The lowest BCUT2D eigenvalue weighted by atomic mass is 9.49. The van der Waals surface area contributed by atoms with Gasteiger partial charge in [-0.15, -0.1) is 0 Å². The number of carbonyl (C=O) groups excluding carboxylic acids is 1. The van der Waals surface area contributed by atoms with E-state index in [1.54, 1.807) is 0 Å². The Bertz CT molecular complexity index is 385. The van der Waals surface area contributed by atoms with Crippen molar-refractivity contribution in [1.29, 1.82) is 0 Å². The summed E-state index contributed by atoms with van der Waals surface area (Å²) in [6.45, 7) is 6.30. The van der Waals surface area contributed by atoms with Crippen LogP contribution in [0.2, 0.25) is 0 Å². The number of esters is 1. The van der Waals surface area contributed by atoms with Crippen molar-refractivity contribution in [2.24, 2.45) is 28.6 Å². The molecule has 1 N–H and O–H groups in total. The van der Waals surface area contributed by atoms with Crippen LogP contribution in [0.5, 0.6) is 0 Å². The number of rotatable bonds is 4. The average Bonchev–Trinajstić information content (AvgIpc) is 2.41. The first-order valence-electron chi connectivity index (χ1n) is 8.21. The first kappa shape index (κ1) is 14.4. The Balaban J connectivity index is 1.73. The normalized spacial score (nSPS) is 42.8. The van der Waals surface area contributed by atoms with Crippen molar-refractivity contribution in [3.8, 4) is 0 Å². The third-order valence-electron chi connectivity index (χ3n) is 6.33. The van der Waals surface area contributed by atoms with Crippen LogP contribution in [0.25, 0.3) is 0 Å². The van der Waals surface area contributed by atoms with E-state index >= 15 is 0 Å². The van der Waals surface area contributed by atoms with E-state index in [-0.39, 0.29) is 22.9 Å². The Morgan fingerprint density at radius 2 is 1.85 bits per heavy atom. The molecule has 2 atom stereocenters. The highest BCUT2D eigenvalue weighted by Crippen LogP contribution is 2.60. The van der Waals surface area contributed by atoms with Crippen molar-refractivity contribution in [3.05, 3.63) is 0 Å². The van der Waals surface area contributed by atoms with E-state index < -0.39 is 0 Å². The fourth-order valence-electron chi connectivity index (χ4n) is 4.96. The molecule has 0 aromatic carbocycles. The summed E-state index contributed by atoms with van der Waals surface area (Å²) in [6.07, 6.45) is 6.63. The second-order valence-electron chi connectivity index (χ2n) is 8.24. The fourth-order valence-corrected chi connectivity index (χ4v) is 4.96. The number of hydrogen-bond acceptors (Lipinski definition) is 3.